The fourth-order valence-corrected chi connectivity index (χ4v) is 2.89. The number of anilines is 1. The summed E-state index contributed by atoms with van der Waals surface area (Å²) in [5.41, 5.74) is 0.323. The molecule has 0 spiro atoms. The minimum absolute atomic E-state index is 0.0295. The highest BCUT2D eigenvalue weighted by molar-refractivity contribution is 7.90. The molecule has 1 aliphatic rings. The zero-order valence-corrected chi connectivity index (χ0v) is 10.7. The summed E-state index contributed by atoms with van der Waals surface area (Å²) in [5.74, 6) is -0.0295. The molecule has 2 rings (SSSR count). The highest BCUT2D eigenvalue weighted by Gasteiger charge is 2.27. The van der Waals surface area contributed by atoms with Gasteiger partial charge >= 0.3 is 0 Å². The van der Waals surface area contributed by atoms with E-state index in [4.69, 9.17) is 34.8 Å². The second-order valence-electron chi connectivity index (χ2n) is 3.02. The topological polar surface area (TPSA) is 58.5 Å². The Morgan fingerprint density at radius 2 is 2.00 bits per heavy atom. The maximum Gasteiger partial charge on any atom is 0.286 e. The van der Waals surface area contributed by atoms with Crippen molar-refractivity contribution in [2.75, 3.05) is 5.32 Å². The molecule has 1 heterocycles. The number of fused-ring (bicyclic) bond motifs is 1. The highest BCUT2D eigenvalue weighted by Crippen LogP contribution is 2.31. The van der Waals surface area contributed by atoms with Crippen LogP contribution in [0.1, 0.15) is 0 Å². The molecular weight excluding hydrogens is 295 g/mol. The van der Waals surface area contributed by atoms with E-state index in [1.165, 1.54) is 18.2 Å². The lowest BCUT2D eigenvalue weighted by Crippen LogP contribution is -2.26. The Balaban J connectivity index is 2.61. The summed E-state index contributed by atoms with van der Waals surface area (Å²) < 4.78 is 26.9. The van der Waals surface area contributed by atoms with Crippen molar-refractivity contribution >= 4 is 56.3 Å². The average molecular weight is 300 g/mol. The van der Waals surface area contributed by atoms with Gasteiger partial charge in [0.15, 0.2) is 10.7 Å². The lowest BCUT2D eigenvalue weighted by molar-refractivity contribution is 0.598. The summed E-state index contributed by atoms with van der Waals surface area (Å²) in [6.45, 7) is 0. The van der Waals surface area contributed by atoms with E-state index in [2.05, 4.69) is 9.71 Å². The van der Waals surface area contributed by atoms with Crippen molar-refractivity contribution in [3.8, 4) is 0 Å². The Bertz CT molecular complexity index is 569. The van der Waals surface area contributed by atoms with Gasteiger partial charge in [0.05, 0.1) is 5.69 Å². The summed E-state index contributed by atoms with van der Waals surface area (Å²) in [6, 6.07) is 4.32. The lowest BCUT2D eigenvalue weighted by Gasteiger charge is -2.18. The number of nitrogens with one attached hydrogen (secondary N) is 1. The second-order valence-corrected chi connectivity index (χ2v) is 6.12. The molecule has 1 N–H and O–H groups in total. The zero-order valence-electron chi connectivity index (χ0n) is 7.62. The number of hydrogen-bond acceptors (Lipinski definition) is 3. The van der Waals surface area contributed by atoms with Crippen molar-refractivity contribution in [3.63, 3.8) is 0 Å². The molecule has 16 heavy (non-hydrogen) atoms. The fraction of sp³-hybridized carbons (Fsp3) is 0.125. The van der Waals surface area contributed by atoms with Crippen LogP contribution >= 0.6 is 34.8 Å². The van der Waals surface area contributed by atoms with Crippen LogP contribution in [0.5, 0.6) is 0 Å². The molecule has 0 saturated heterocycles. The third-order valence-electron chi connectivity index (χ3n) is 1.91. The van der Waals surface area contributed by atoms with E-state index in [9.17, 15) is 8.42 Å². The van der Waals surface area contributed by atoms with E-state index in [1.54, 1.807) is 0 Å². The number of benzene rings is 1. The fourth-order valence-electron chi connectivity index (χ4n) is 1.26. The first-order valence-corrected chi connectivity index (χ1v) is 6.79. The Kier molecular flexibility index (Phi) is 3.05. The number of sulfonamides is 1. The zero-order chi connectivity index (χ0) is 11.9. The van der Waals surface area contributed by atoms with Crippen molar-refractivity contribution in [2.45, 2.75) is 9.73 Å². The van der Waals surface area contributed by atoms with E-state index >= 15 is 0 Å². The molecular formula is C8H5Cl3N2O2S. The van der Waals surface area contributed by atoms with Crippen LogP contribution in [0.2, 0.25) is 5.02 Å². The van der Waals surface area contributed by atoms with Crippen molar-refractivity contribution < 1.29 is 8.42 Å². The van der Waals surface area contributed by atoms with Gasteiger partial charge in [0.1, 0.15) is 4.90 Å². The maximum absolute atomic E-state index is 11.7. The van der Waals surface area contributed by atoms with Gasteiger partial charge in [-0.1, -0.05) is 34.8 Å². The molecule has 1 aliphatic heterocycles. The Morgan fingerprint density at radius 3 is 2.62 bits per heavy atom. The van der Waals surface area contributed by atoms with E-state index in [0.717, 1.165) is 0 Å². The maximum atomic E-state index is 11.7. The Labute approximate surface area is 107 Å². The number of nitrogens with zero attached hydrogens (tertiary/aromatic N) is 1. The summed E-state index contributed by atoms with van der Waals surface area (Å²) in [6.07, 6.45) is 0. The number of halogens is 3. The number of amidine groups is 1. The molecule has 0 radical (unpaired) electrons. The first-order chi connectivity index (χ1) is 7.40. The molecule has 0 fully saturated rings. The third kappa shape index (κ3) is 2.13. The van der Waals surface area contributed by atoms with Gasteiger partial charge in [0.2, 0.25) is 0 Å². The van der Waals surface area contributed by atoms with Crippen LogP contribution in [0.3, 0.4) is 0 Å². The summed E-state index contributed by atoms with van der Waals surface area (Å²) in [5, 5.41) is 3.12. The molecule has 4 nitrogen and oxygen atoms in total. The molecule has 0 amide bonds. The molecule has 0 aliphatic carbocycles. The smallest absolute Gasteiger partial charge is 0.286 e. The average Bonchev–Trinajstić information content (AvgIpc) is 2.15. The first kappa shape index (κ1) is 12.0. The van der Waals surface area contributed by atoms with Gasteiger partial charge in [-0.2, -0.15) is 8.42 Å². The van der Waals surface area contributed by atoms with Crippen molar-refractivity contribution in [3.05, 3.63) is 23.2 Å². The van der Waals surface area contributed by atoms with Gasteiger partial charge in [-0.25, -0.2) is 0 Å². The van der Waals surface area contributed by atoms with E-state index in [1.807, 2.05) is 0 Å². The number of hydrogen-bond donors (Lipinski definition) is 1. The van der Waals surface area contributed by atoms with Crippen LogP contribution in [0.15, 0.2) is 27.5 Å². The summed E-state index contributed by atoms with van der Waals surface area (Å²) in [7, 11) is -3.76. The Morgan fingerprint density at radius 1 is 1.31 bits per heavy atom. The van der Waals surface area contributed by atoms with Crippen LogP contribution < -0.4 is 5.32 Å². The predicted octanol–water partition coefficient (Wildman–Crippen LogP) is 2.66. The normalized spacial score (nSPS) is 17.6. The molecule has 0 bridgehead atoms. The van der Waals surface area contributed by atoms with Gasteiger partial charge in [0, 0.05) is 5.02 Å². The first-order valence-electron chi connectivity index (χ1n) is 4.10. The quantitative estimate of drug-likeness (QED) is 0.811. The molecule has 8 heteroatoms. The molecule has 86 valence electrons. The second kappa shape index (κ2) is 4.07. The molecule has 0 saturated carbocycles. The highest BCUT2D eigenvalue weighted by atomic mass is 35.5. The van der Waals surface area contributed by atoms with Crippen LogP contribution in [0.4, 0.5) is 5.69 Å². The molecule has 0 unspecified atom stereocenters. The van der Waals surface area contributed by atoms with Crippen LogP contribution in [0.25, 0.3) is 0 Å². The Hall–Kier alpha value is -0.490. The van der Waals surface area contributed by atoms with E-state index in [-0.39, 0.29) is 10.7 Å². The third-order valence-corrected chi connectivity index (χ3v) is 3.90. The molecule has 0 atom stereocenters. The van der Waals surface area contributed by atoms with Crippen molar-refractivity contribution in [1.82, 2.24) is 0 Å². The molecule has 1 aromatic rings. The van der Waals surface area contributed by atoms with Gasteiger partial charge in [-0.15, -0.1) is 4.40 Å². The molecule has 0 aromatic heterocycles. The summed E-state index contributed by atoms with van der Waals surface area (Å²) in [4.78, 5) is -0.989. The van der Waals surface area contributed by atoms with E-state index < -0.39 is 14.9 Å². The summed E-state index contributed by atoms with van der Waals surface area (Å²) >= 11 is 16.9. The standard InChI is InChI=1S/C8H5Cl3N2O2S/c9-4-1-2-6-5(3-4)12-8(7(10)11)13-16(6,14)15/h1-3,7H,(H,12,13). The number of alkyl halides is 2. The lowest BCUT2D eigenvalue weighted by atomic mass is 10.3. The van der Waals surface area contributed by atoms with Gasteiger partial charge in [0.25, 0.3) is 10.0 Å². The van der Waals surface area contributed by atoms with Crippen LogP contribution in [-0.4, -0.2) is 19.1 Å². The van der Waals surface area contributed by atoms with Crippen molar-refractivity contribution in [2.24, 2.45) is 4.40 Å². The SMILES string of the molecule is O=S1(=O)N=C(C(Cl)Cl)Nc2cc(Cl)ccc21. The number of rotatable bonds is 1. The van der Waals surface area contributed by atoms with Gasteiger partial charge < -0.3 is 5.32 Å². The van der Waals surface area contributed by atoms with Crippen LogP contribution in [0, 0.1) is 0 Å². The van der Waals surface area contributed by atoms with Gasteiger partial charge in [-0.3, -0.25) is 0 Å². The minimum Gasteiger partial charge on any atom is -0.340 e. The van der Waals surface area contributed by atoms with Crippen molar-refractivity contribution in [1.29, 1.82) is 0 Å². The minimum atomic E-state index is -3.76. The molecule has 1 aromatic carbocycles. The largest absolute Gasteiger partial charge is 0.340 e. The van der Waals surface area contributed by atoms with Crippen LogP contribution in [-0.2, 0) is 10.0 Å². The van der Waals surface area contributed by atoms with E-state index in [0.29, 0.717) is 10.7 Å². The predicted molar refractivity (Wildman–Crippen MR) is 65.2 cm³/mol. The monoisotopic (exact) mass is 298 g/mol. The van der Waals surface area contributed by atoms with Gasteiger partial charge in [-0.05, 0) is 18.2 Å².